The number of allylic oxidation sites excluding steroid dienone is 2. The molecule has 0 aromatic heterocycles. The normalized spacial score (nSPS) is 10.8. The van der Waals surface area contributed by atoms with Gasteiger partial charge >= 0.3 is 0 Å². The number of ether oxygens (including phenoxy) is 1. The molecule has 0 aromatic carbocycles. The van der Waals surface area contributed by atoms with Crippen LogP contribution in [0.2, 0.25) is 0 Å². The maximum atomic E-state index is 8.33. The third-order valence-corrected chi connectivity index (χ3v) is 1.50. The SMILES string of the molecule is C/C=C\O/C=C\C.CCCCCC(O)O. The van der Waals surface area contributed by atoms with Crippen LogP contribution in [-0.2, 0) is 4.74 Å². The van der Waals surface area contributed by atoms with Crippen LogP contribution in [0.5, 0.6) is 0 Å². The summed E-state index contributed by atoms with van der Waals surface area (Å²) < 4.78 is 4.77. The highest BCUT2D eigenvalue weighted by atomic mass is 16.5. The van der Waals surface area contributed by atoms with Gasteiger partial charge in [0, 0.05) is 0 Å². The van der Waals surface area contributed by atoms with Gasteiger partial charge in [0.25, 0.3) is 0 Å². The molecule has 15 heavy (non-hydrogen) atoms. The first-order chi connectivity index (χ1) is 7.18. The first-order valence-corrected chi connectivity index (χ1v) is 5.42. The zero-order valence-corrected chi connectivity index (χ0v) is 10.0. The summed E-state index contributed by atoms with van der Waals surface area (Å²) in [5.41, 5.74) is 0. The molecule has 0 amide bonds. The van der Waals surface area contributed by atoms with Gasteiger partial charge in [0.05, 0.1) is 12.5 Å². The van der Waals surface area contributed by atoms with Crippen molar-refractivity contribution in [2.24, 2.45) is 0 Å². The van der Waals surface area contributed by atoms with Crippen molar-refractivity contribution < 1.29 is 14.9 Å². The van der Waals surface area contributed by atoms with Crippen LogP contribution >= 0.6 is 0 Å². The maximum Gasteiger partial charge on any atom is 0.151 e. The van der Waals surface area contributed by atoms with Gasteiger partial charge in [0.2, 0.25) is 0 Å². The third kappa shape index (κ3) is 24.6. The Balaban J connectivity index is 0. The minimum atomic E-state index is -1.10. The predicted molar refractivity (Wildman–Crippen MR) is 63.1 cm³/mol. The van der Waals surface area contributed by atoms with Gasteiger partial charge in [-0.15, -0.1) is 0 Å². The largest absolute Gasteiger partial charge is 0.473 e. The standard InChI is InChI=1S/C6H14O2.C6H10O/c1-2-3-4-5-6(7)8;1-3-5-7-6-4-2/h6-8H,2-5H2,1H3;3-6H,1-2H3/b;5-3-,6-4-. The molecule has 90 valence electrons. The lowest BCUT2D eigenvalue weighted by atomic mass is 10.2. The van der Waals surface area contributed by atoms with E-state index < -0.39 is 6.29 Å². The van der Waals surface area contributed by atoms with Crippen LogP contribution in [-0.4, -0.2) is 16.5 Å². The Morgan fingerprint density at radius 1 is 1.07 bits per heavy atom. The van der Waals surface area contributed by atoms with Crippen molar-refractivity contribution >= 4 is 0 Å². The number of hydrogen-bond donors (Lipinski definition) is 2. The Kier molecular flexibility index (Phi) is 17.4. The van der Waals surface area contributed by atoms with Gasteiger partial charge in [-0.25, -0.2) is 0 Å². The predicted octanol–water partition coefficient (Wildman–Crippen LogP) is 2.95. The fraction of sp³-hybridized carbons (Fsp3) is 0.667. The molecule has 0 aliphatic heterocycles. The summed E-state index contributed by atoms with van der Waals surface area (Å²) in [5.74, 6) is 0. The topological polar surface area (TPSA) is 49.7 Å². The first kappa shape index (κ1) is 16.6. The first-order valence-electron chi connectivity index (χ1n) is 5.42. The molecule has 2 N–H and O–H groups in total. The second-order valence-corrected chi connectivity index (χ2v) is 3.05. The van der Waals surface area contributed by atoms with E-state index >= 15 is 0 Å². The zero-order valence-electron chi connectivity index (χ0n) is 10.0. The second-order valence-electron chi connectivity index (χ2n) is 3.05. The Morgan fingerprint density at radius 3 is 1.93 bits per heavy atom. The average molecular weight is 216 g/mol. The van der Waals surface area contributed by atoms with Crippen molar-refractivity contribution in [1.29, 1.82) is 0 Å². The summed E-state index contributed by atoms with van der Waals surface area (Å²) in [6.07, 6.45) is 9.49. The van der Waals surface area contributed by atoms with Crippen LogP contribution in [0.15, 0.2) is 24.7 Å². The number of hydrogen-bond acceptors (Lipinski definition) is 3. The lowest BCUT2D eigenvalue weighted by molar-refractivity contribution is -0.0465. The van der Waals surface area contributed by atoms with Crippen molar-refractivity contribution in [2.75, 3.05) is 0 Å². The molecule has 0 saturated carbocycles. The lowest BCUT2D eigenvalue weighted by Crippen LogP contribution is -2.02. The summed E-state index contributed by atoms with van der Waals surface area (Å²) in [5, 5.41) is 16.7. The van der Waals surface area contributed by atoms with Crippen molar-refractivity contribution in [3.05, 3.63) is 24.7 Å². The maximum absolute atomic E-state index is 8.33. The molecule has 3 nitrogen and oxygen atoms in total. The van der Waals surface area contributed by atoms with Gasteiger partial charge in [0.1, 0.15) is 0 Å². The smallest absolute Gasteiger partial charge is 0.151 e. The minimum absolute atomic E-state index is 0.522. The van der Waals surface area contributed by atoms with Gasteiger partial charge in [-0.05, 0) is 26.7 Å². The van der Waals surface area contributed by atoms with Crippen LogP contribution in [0.3, 0.4) is 0 Å². The highest BCUT2D eigenvalue weighted by Gasteiger charge is 1.93. The fourth-order valence-corrected chi connectivity index (χ4v) is 0.779. The second kappa shape index (κ2) is 15.7. The summed E-state index contributed by atoms with van der Waals surface area (Å²) in [6, 6.07) is 0. The summed E-state index contributed by atoms with van der Waals surface area (Å²) >= 11 is 0. The molecule has 0 saturated heterocycles. The van der Waals surface area contributed by atoms with Crippen LogP contribution in [0.25, 0.3) is 0 Å². The van der Waals surface area contributed by atoms with E-state index in [4.69, 9.17) is 14.9 Å². The van der Waals surface area contributed by atoms with Crippen LogP contribution in [0.4, 0.5) is 0 Å². The molecular weight excluding hydrogens is 192 g/mol. The number of unbranched alkanes of at least 4 members (excludes halogenated alkanes) is 2. The Labute approximate surface area is 93.1 Å². The molecule has 0 fully saturated rings. The fourth-order valence-electron chi connectivity index (χ4n) is 0.779. The van der Waals surface area contributed by atoms with E-state index in [0.29, 0.717) is 6.42 Å². The molecule has 0 rings (SSSR count). The highest BCUT2D eigenvalue weighted by Crippen LogP contribution is 1.99. The Hall–Kier alpha value is -0.800. The number of rotatable bonds is 6. The molecule has 0 aromatic rings. The van der Waals surface area contributed by atoms with Crippen LogP contribution in [0, 0.1) is 0 Å². The van der Waals surface area contributed by atoms with Gasteiger partial charge in [-0.3, -0.25) is 0 Å². The monoisotopic (exact) mass is 216 g/mol. The summed E-state index contributed by atoms with van der Waals surface area (Å²) in [4.78, 5) is 0. The molecule has 0 aliphatic carbocycles. The van der Waals surface area contributed by atoms with Crippen LogP contribution < -0.4 is 0 Å². The molecule has 0 unspecified atom stereocenters. The van der Waals surface area contributed by atoms with Crippen LogP contribution in [0.1, 0.15) is 46.5 Å². The molecule has 3 heteroatoms. The van der Waals surface area contributed by atoms with E-state index in [0.717, 1.165) is 19.3 Å². The molecule has 0 heterocycles. The van der Waals surface area contributed by atoms with Crippen molar-refractivity contribution in [3.8, 4) is 0 Å². The zero-order chi connectivity index (χ0) is 11.9. The molecule has 0 atom stereocenters. The molecule has 0 aliphatic rings. The average Bonchev–Trinajstić information content (AvgIpc) is 2.20. The van der Waals surface area contributed by atoms with E-state index in [9.17, 15) is 0 Å². The number of aliphatic hydroxyl groups excluding tert-OH is 1. The summed E-state index contributed by atoms with van der Waals surface area (Å²) in [6.45, 7) is 5.90. The highest BCUT2D eigenvalue weighted by molar-refractivity contribution is 4.73. The molecule has 0 spiro atoms. The van der Waals surface area contributed by atoms with Gasteiger partial charge < -0.3 is 14.9 Å². The Bertz CT molecular complexity index is 141. The van der Waals surface area contributed by atoms with Crippen molar-refractivity contribution in [2.45, 2.75) is 52.7 Å². The minimum Gasteiger partial charge on any atom is -0.473 e. The van der Waals surface area contributed by atoms with Gasteiger partial charge in [0.15, 0.2) is 6.29 Å². The van der Waals surface area contributed by atoms with Crippen molar-refractivity contribution in [3.63, 3.8) is 0 Å². The van der Waals surface area contributed by atoms with E-state index in [1.807, 2.05) is 26.0 Å². The van der Waals surface area contributed by atoms with E-state index in [-0.39, 0.29) is 0 Å². The number of aliphatic hydroxyl groups is 2. The Morgan fingerprint density at radius 2 is 1.60 bits per heavy atom. The third-order valence-electron chi connectivity index (χ3n) is 1.50. The summed E-state index contributed by atoms with van der Waals surface area (Å²) in [7, 11) is 0. The molecule has 0 radical (unpaired) electrons. The van der Waals surface area contributed by atoms with E-state index in [1.165, 1.54) is 0 Å². The van der Waals surface area contributed by atoms with Gasteiger partial charge in [-0.2, -0.15) is 0 Å². The van der Waals surface area contributed by atoms with Gasteiger partial charge in [-0.1, -0.05) is 31.9 Å². The van der Waals surface area contributed by atoms with E-state index in [2.05, 4.69) is 6.92 Å². The molecule has 0 bridgehead atoms. The molecular formula is C12H24O3. The lowest BCUT2D eigenvalue weighted by Gasteiger charge is -1.99. The van der Waals surface area contributed by atoms with E-state index in [1.54, 1.807) is 12.5 Å². The quantitative estimate of drug-likeness (QED) is 0.408. The van der Waals surface area contributed by atoms with Crippen molar-refractivity contribution in [1.82, 2.24) is 0 Å².